The van der Waals surface area contributed by atoms with Crippen molar-refractivity contribution >= 4 is 12.6 Å². The third-order valence-corrected chi connectivity index (χ3v) is 2.45. The van der Waals surface area contributed by atoms with Crippen molar-refractivity contribution < 1.29 is 0 Å². The molecule has 1 rings (SSSR count). The van der Waals surface area contributed by atoms with E-state index in [0.29, 0.717) is 6.04 Å². The van der Waals surface area contributed by atoms with E-state index in [4.69, 9.17) is 0 Å². The van der Waals surface area contributed by atoms with Crippen LogP contribution in [-0.2, 0) is 6.54 Å². The van der Waals surface area contributed by atoms with Crippen molar-refractivity contribution in [1.29, 1.82) is 0 Å². The van der Waals surface area contributed by atoms with E-state index in [2.05, 4.69) is 35.9 Å². The van der Waals surface area contributed by atoms with Crippen molar-refractivity contribution in [2.45, 2.75) is 26.4 Å². The van der Waals surface area contributed by atoms with Gasteiger partial charge in [-0.1, -0.05) is 6.07 Å². The van der Waals surface area contributed by atoms with Gasteiger partial charge >= 0.3 is 0 Å². The second-order valence-corrected chi connectivity index (χ2v) is 3.64. The molecule has 0 aliphatic rings. The normalized spacial score (nSPS) is 12.8. The Bertz CT molecular complexity index is 246. The van der Waals surface area contributed by atoms with E-state index < -0.39 is 0 Å². The molecule has 0 amide bonds. The van der Waals surface area contributed by atoms with Crippen LogP contribution in [0.1, 0.15) is 18.2 Å². The van der Waals surface area contributed by atoms with Crippen LogP contribution in [0, 0.1) is 6.92 Å². The zero-order valence-electron chi connectivity index (χ0n) is 8.12. The molecule has 13 heavy (non-hydrogen) atoms. The topological polar surface area (TPSA) is 24.9 Å². The zero-order valence-corrected chi connectivity index (χ0v) is 9.01. The first-order valence-corrected chi connectivity index (χ1v) is 5.11. The van der Waals surface area contributed by atoms with Crippen LogP contribution in [0.5, 0.6) is 0 Å². The highest BCUT2D eigenvalue weighted by Crippen LogP contribution is 1.99. The summed E-state index contributed by atoms with van der Waals surface area (Å²) in [6.07, 6.45) is 1.91. The molecule has 0 aromatic carbocycles. The molecule has 0 aliphatic heterocycles. The van der Waals surface area contributed by atoms with Crippen molar-refractivity contribution in [3.05, 3.63) is 29.6 Å². The van der Waals surface area contributed by atoms with Crippen LogP contribution in [0.3, 0.4) is 0 Å². The van der Waals surface area contributed by atoms with Crippen LogP contribution in [0.15, 0.2) is 18.3 Å². The van der Waals surface area contributed by atoms with Crippen molar-refractivity contribution in [3.8, 4) is 0 Å². The number of rotatable bonds is 4. The largest absolute Gasteiger partial charge is 0.309 e. The molecule has 0 saturated heterocycles. The van der Waals surface area contributed by atoms with Gasteiger partial charge in [0.1, 0.15) is 0 Å². The molecule has 1 atom stereocenters. The van der Waals surface area contributed by atoms with Crippen molar-refractivity contribution in [2.75, 3.05) is 5.75 Å². The summed E-state index contributed by atoms with van der Waals surface area (Å²) < 4.78 is 0. The molecule has 1 aromatic heterocycles. The number of nitrogens with one attached hydrogen (secondary N) is 1. The van der Waals surface area contributed by atoms with Crippen molar-refractivity contribution in [1.82, 2.24) is 10.3 Å². The summed E-state index contributed by atoms with van der Waals surface area (Å²) in [6.45, 7) is 4.98. The summed E-state index contributed by atoms with van der Waals surface area (Å²) in [6, 6.07) is 4.58. The molecular weight excluding hydrogens is 180 g/mol. The van der Waals surface area contributed by atoms with Crippen molar-refractivity contribution in [2.24, 2.45) is 0 Å². The van der Waals surface area contributed by atoms with E-state index in [-0.39, 0.29) is 0 Å². The molecule has 0 fully saturated rings. The molecule has 72 valence electrons. The Morgan fingerprint density at radius 3 is 2.85 bits per heavy atom. The number of hydrogen-bond donors (Lipinski definition) is 2. The zero-order chi connectivity index (χ0) is 9.68. The lowest BCUT2D eigenvalue weighted by Crippen LogP contribution is -2.26. The average molecular weight is 196 g/mol. The summed E-state index contributed by atoms with van der Waals surface area (Å²) >= 11 is 4.20. The standard InChI is InChI=1S/C10H16N2S/c1-8-3-4-10(5-11-8)6-12-9(2)7-13/h3-5,9,12-13H,6-7H2,1-2H3. The summed E-state index contributed by atoms with van der Waals surface area (Å²) in [5.74, 6) is 0.860. The van der Waals surface area contributed by atoms with Crippen LogP contribution in [0.25, 0.3) is 0 Å². The first kappa shape index (κ1) is 10.5. The summed E-state index contributed by atoms with van der Waals surface area (Å²) in [5.41, 5.74) is 2.28. The lowest BCUT2D eigenvalue weighted by molar-refractivity contribution is 0.596. The monoisotopic (exact) mass is 196 g/mol. The third-order valence-electron chi connectivity index (χ3n) is 1.90. The second-order valence-electron chi connectivity index (χ2n) is 3.27. The highest BCUT2D eigenvalue weighted by Gasteiger charge is 1.98. The van der Waals surface area contributed by atoms with E-state index in [9.17, 15) is 0 Å². The maximum atomic E-state index is 4.22. The maximum Gasteiger partial charge on any atom is 0.0372 e. The van der Waals surface area contributed by atoms with E-state index in [1.165, 1.54) is 5.56 Å². The Morgan fingerprint density at radius 1 is 1.54 bits per heavy atom. The molecule has 3 heteroatoms. The van der Waals surface area contributed by atoms with Crippen LogP contribution in [0.2, 0.25) is 0 Å². The smallest absolute Gasteiger partial charge is 0.0372 e. The van der Waals surface area contributed by atoms with Gasteiger partial charge in [0.25, 0.3) is 0 Å². The fraction of sp³-hybridized carbons (Fsp3) is 0.500. The van der Waals surface area contributed by atoms with Gasteiger partial charge in [0, 0.05) is 30.2 Å². The number of aromatic nitrogens is 1. The summed E-state index contributed by atoms with van der Waals surface area (Å²) in [7, 11) is 0. The van der Waals surface area contributed by atoms with Gasteiger partial charge in [-0.25, -0.2) is 0 Å². The molecule has 0 bridgehead atoms. The Morgan fingerprint density at radius 2 is 2.31 bits per heavy atom. The Labute approximate surface area is 85.2 Å². The lowest BCUT2D eigenvalue weighted by Gasteiger charge is -2.10. The Kier molecular flexibility index (Phi) is 4.25. The van der Waals surface area contributed by atoms with Gasteiger partial charge in [0.15, 0.2) is 0 Å². The van der Waals surface area contributed by atoms with Crippen LogP contribution < -0.4 is 5.32 Å². The third kappa shape index (κ3) is 3.79. The molecule has 1 N–H and O–H groups in total. The molecule has 1 aromatic rings. The summed E-state index contributed by atoms with van der Waals surface area (Å²) in [5, 5.41) is 3.35. The van der Waals surface area contributed by atoms with Crippen LogP contribution in [0.4, 0.5) is 0 Å². The molecule has 0 radical (unpaired) electrons. The van der Waals surface area contributed by atoms with Gasteiger partial charge in [-0.05, 0) is 25.5 Å². The van der Waals surface area contributed by atoms with E-state index in [1.54, 1.807) is 0 Å². The Balaban J connectivity index is 2.41. The van der Waals surface area contributed by atoms with E-state index >= 15 is 0 Å². The SMILES string of the molecule is Cc1ccc(CNC(C)CS)cn1. The predicted molar refractivity (Wildman–Crippen MR) is 59.1 cm³/mol. The minimum absolute atomic E-state index is 0.449. The van der Waals surface area contributed by atoms with Gasteiger partial charge in [-0.2, -0.15) is 12.6 Å². The summed E-state index contributed by atoms with van der Waals surface area (Å²) in [4.78, 5) is 4.22. The molecule has 0 spiro atoms. The average Bonchev–Trinajstić information content (AvgIpc) is 2.16. The van der Waals surface area contributed by atoms with Crippen molar-refractivity contribution in [3.63, 3.8) is 0 Å². The minimum atomic E-state index is 0.449. The highest BCUT2D eigenvalue weighted by atomic mass is 32.1. The highest BCUT2D eigenvalue weighted by molar-refractivity contribution is 7.80. The fourth-order valence-electron chi connectivity index (χ4n) is 0.960. The first-order chi connectivity index (χ1) is 6.22. The maximum absolute atomic E-state index is 4.22. The van der Waals surface area contributed by atoms with E-state index in [1.807, 2.05) is 19.2 Å². The number of thiol groups is 1. The van der Waals surface area contributed by atoms with Crippen LogP contribution >= 0.6 is 12.6 Å². The number of pyridine rings is 1. The molecule has 2 nitrogen and oxygen atoms in total. The van der Waals surface area contributed by atoms with Gasteiger partial charge < -0.3 is 5.32 Å². The van der Waals surface area contributed by atoms with Gasteiger partial charge in [0.05, 0.1) is 0 Å². The fourth-order valence-corrected chi connectivity index (χ4v) is 1.09. The van der Waals surface area contributed by atoms with Gasteiger partial charge in [-0.3, -0.25) is 4.98 Å². The molecule has 1 heterocycles. The predicted octanol–water partition coefficient (Wildman–Crippen LogP) is 1.80. The quantitative estimate of drug-likeness (QED) is 0.718. The minimum Gasteiger partial charge on any atom is -0.309 e. The number of hydrogen-bond acceptors (Lipinski definition) is 3. The second kappa shape index (κ2) is 5.25. The van der Waals surface area contributed by atoms with E-state index in [0.717, 1.165) is 18.0 Å². The molecule has 0 saturated carbocycles. The van der Waals surface area contributed by atoms with Crippen LogP contribution in [-0.4, -0.2) is 16.8 Å². The van der Waals surface area contributed by atoms with Gasteiger partial charge in [0.2, 0.25) is 0 Å². The molecule has 0 aliphatic carbocycles. The Hall–Kier alpha value is -0.540. The lowest BCUT2D eigenvalue weighted by atomic mass is 10.2. The molecule has 1 unspecified atom stereocenters. The van der Waals surface area contributed by atoms with Gasteiger partial charge in [-0.15, -0.1) is 0 Å². The first-order valence-electron chi connectivity index (χ1n) is 4.48. The number of aryl methyl sites for hydroxylation is 1. The number of nitrogens with zero attached hydrogens (tertiary/aromatic N) is 1. The molecular formula is C10H16N2S.